The Balaban J connectivity index is 2.34. The maximum absolute atomic E-state index is 12.8. The minimum Gasteiger partial charge on any atom is -0.383 e. The molecule has 0 spiro atoms. The average molecular weight is 248 g/mol. The molecular formula is C13H13FN2O2. The van der Waals surface area contributed by atoms with Gasteiger partial charge in [-0.05, 0) is 30.3 Å². The van der Waals surface area contributed by atoms with E-state index in [0.717, 1.165) is 5.56 Å². The van der Waals surface area contributed by atoms with E-state index in [1.165, 1.54) is 22.9 Å². The van der Waals surface area contributed by atoms with Crippen LogP contribution in [-0.4, -0.2) is 23.5 Å². The van der Waals surface area contributed by atoms with Crippen LogP contribution in [0.3, 0.4) is 0 Å². The van der Waals surface area contributed by atoms with E-state index in [4.69, 9.17) is 4.74 Å². The molecule has 94 valence electrons. The minimum absolute atomic E-state index is 0.182. The van der Waals surface area contributed by atoms with Crippen molar-refractivity contribution in [3.05, 3.63) is 52.6 Å². The molecule has 4 nitrogen and oxygen atoms in total. The number of methoxy groups -OCH3 is 1. The van der Waals surface area contributed by atoms with Gasteiger partial charge in [0.15, 0.2) is 0 Å². The van der Waals surface area contributed by atoms with Crippen LogP contribution < -0.4 is 5.56 Å². The molecule has 5 heteroatoms. The van der Waals surface area contributed by atoms with Crippen LogP contribution in [0.2, 0.25) is 0 Å². The van der Waals surface area contributed by atoms with Gasteiger partial charge in [-0.25, -0.2) is 9.07 Å². The van der Waals surface area contributed by atoms with Crippen molar-refractivity contribution in [2.75, 3.05) is 13.7 Å². The fourth-order valence-corrected chi connectivity index (χ4v) is 1.56. The van der Waals surface area contributed by atoms with Crippen molar-refractivity contribution in [2.45, 2.75) is 6.54 Å². The van der Waals surface area contributed by atoms with Gasteiger partial charge in [0.1, 0.15) is 5.82 Å². The van der Waals surface area contributed by atoms with Gasteiger partial charge in [0.05, 0.1) is 18.8 Å². The molecule has 1 aromatic carbocycles. The second-order valence-corrected chi connectivity index (χ2v) is 3.78. The van der Waals surface area contributed by atoms with Crippen LogP contribution in [0.5, 0.6) is 0 Å². The van der Waals surface area contributed by atoms with E-state index < -0.39 is 0 Å². The van der Waals surface area contributed by atoms with Crippen molar-refractivity contribution < 1.29 is 9.13 Å². The smallest absolute Gasteiger partial charge is 0.266 e. The third-order valence-electron chi connectivity index (χ3n) is 2.51. The quantitative estimate of drug-likeness (QED) is 0.827. The standard InChI is InChI=1S/C13H13FN2O2/c1-18-9-8-16-13(17)7-6-12(15-16)10-2-4-11(14)5-3-10/h2-7H,8-9H2,1H3. The Morgan fingerprint density at radius 3 is 2.61 bits per heavy atom. The highest BCUT2D eigenvalue weighted by atomic mass is 19.1. The summed E-state index contributed by atoms with van der Waals surface area (Å²) < 4.78 is 19.1. The molecule has 2 rings (SSSR count). The zero-order valence-corrected chi connectivity index (χ0v) is 9.97. The molecule has 0 saturated heterocycles. The second kappa shape index (κ2) is 5.55. The third kappa shape index (κ3) is 2.81. The Morgan fingerprint density at radius 2 is 1.94 bits per heavy atom. The summed E-state index contributed by atoms with van der Waals surface area (Å²) in [5.74, 6) is -0.300. The average Bonchev–Trinajstić information content (AvgIpc) is 2.39. The van der Waals surface area contributed by atoms with E-state index >= 15 is 0 Å². The number of rotatable bonds is 4. The van der Waals surface area contributed by atoms with Crippen LogP contribution in [-0.2, 0) is 11.3 Å². The van der Waals surface area contributed by atoms with Crippen LogP contribution >= 0.6 is 0 Å². The Bertz CT molecular complexity index is 578. The molecule has 0 atom stereocenters. The van der Waals surface area contributed by atoms with Crippen LogP contribution in [0, 0.1) is 5.82 Å². The van der Waals surface area contributed by atoms with Gasteiger partial charge >= 0.3 is 0 Å². The molecule has 0 amide bonds. The van der Waals surface area contributed by atoms with Crippen molar-refractivity contribution in [2.24, 2.45) is 0 Å². The van der Waals surface area contributed by atoms with Crippen molar-refractivity contribution >= 4 is 0 Å². The van der Waals surface area contributed by atoms with E-state index in [1.54, 1.807) is 25.3 Å². The van der Waals surface area contributed by atoms with E-state index in [2.05, 4.69) is 5.10 Å². The summed E-state index contributed by atoms with van der Waals surface area (Å²) in [5, 5.41) is 4.21. The molecule has 2 aromatic rings. The zero-order chi connectivity index (χ0) is 13.0. The lowest BCUT2D eigenvalue weighted by molar-refractivity contribution is 0.182. The first kappa shape index (κ1) is 12.4. The first-order chi connectivity index (χ1) is 8.70. The van der Waals surface area contributed by atoms with Gasteiger partial charge in [-0.15, -0.1) is 0 Å². The summed E-state index contributed by atoms with van der Waals surface area (Å²) in [7, 11) is 1.56. The van der Waals surface area contributed by atoms with Crippen molar-refractivity contribution in [1.82, 2.24) is 9.78 Å². The van der Waals surface area contributed by atoms with E-state index in [0.29, 0.717) is 18.8 Å². The molecule has 0 fully saturated rings. The molecule has 0 bridgehead atoms. The molecule has 0 aliphatic rings. The van der Waals surface area contributed by atoms with E-state index in [-0.39, 0.29) is 11.4 Å². The molecule has 1 aromatic heterocycles. The van der Waals surface area contributed by atoms with Crippen LogP contribution in [0.25, 0.3) is 11.3 Å². The number of halogens is 1. The highest BCUT2D eigenvalue weighted by Crippen LogP contribution is 2.15. The lowest BCUT2D eigenvalue weighted by atomic mass is 10.1. The van der Waals surface area contributed by atoms with Crippen LogP contribution in [0.15, 0.2) is 41.2 Å². The maximum Gasteiger partial charge on any atom is 0.266 e. The molecule has 18 heavy (non-hydrogen) atoms. The minimum atomic E-state index is -0.300. The zero-order valence-electron chi connectivity index (χ0n) is 9.97. The maximum atomic E-state index is 12.8. The fourth-order valence-electron chi connectivity index (χ4n) is 1.56. The second-order valence-electron chi connectivity index (χ2n) is 3.78. The lowest BCUT2D eigenvalue weighted by Gasteiger charge is -2.06. The topological polar surface area (TPSA) is 44.1 Å². The predicted octanol–water partition coefficient (Wildman–Crippen LogP) is 1.70. The first-order valence-electron chi connectivity index (χ1n) is 5.54. The summed E-state index contributed by atoms with van der Waals surface area (Å²) in [4.78, 5) is 11.5. The van der Waals surface area contributed by atoms with Gasteiger partial charge in [-0.1, -0.05) is 0 Å². The molecule has 0 radical (unpaired) electrons. The number of hydrogen-bond acceptors (Lipinski definition) is 3. The highest BCUT2D eigenvalue weighted by Gasteiger charge is 2.03. The van der Waals surface area contributed by atoms with Gasteiger partial charge < -0.3 is 4.74 Å². The van der Waals surface area contributed by atoms with Crippen molar-refractivity contribution in [1.29, 1.82) is 0 Å². The van der Waals surface area contributed by atoms with Gasteiger partial charge in [0.25, 0.3) is 5.56 Å². The highest BCUT2D eigenvalue weighted by molar-refractivity contribution is 5.57. The van der Waals surface area contributed by atoms with Crippen molar-refractivity contribution in [3.63, 3.8) is 0 Å². The monoisotopic (exact) mass is 248 g/mol. The van der Waals surface area contributed by atoms with E-state index in [9.17, 15) is 9.18 Å². The van der Waals surface area contributed by atoms with Gasteiger partial charge in [0, 0.05) is 18.7 Å². The number of ether oxygens (including phenoxy) is 1. The number of benzene rings is 1. The summed E-state index contributed by atoms with van der Waals surface area (Å²) in [6, 6.07) is 9.05. The largest absolute Gasteiger partial charge is 0.383 e. The van der Waals surface area contributed by atoms with E-state index in [1.807, 2.05) is 0 Å². The van der Waals surface area contributed by atoms with Crippen LogP contribution in [0.1, 0.15) is 0 Å². The molecule has 0 N–H and O–H groups in total. The summed E-state index contributed by atoms with van der Waals surface area (Å²) in [5.41, 5.74) is 1.21. The molecule has 1 heterocycles. The number of hydrogen-bond donors (Lipinski definition) is 0. The van der Waals surface area contributed by atoms with Gasteiger partial charge in [-0.3, -0.25) is 4.79 Å². The fraction of sp³-hybridized carbons (Fsp3) is 0.231. The predicted molar refractivity (Wildman–Crippen MR) is 65.8 cm³/mol. The number of nitrogens with zero attached hydrogens (tertiary/aromatic N) is 2. The first-order valence-corrected chi connectivity index (χ1v) is 5.54. The molecule has 0 saturated carbocycles. The summed E-state index contributed by atoms with van der Waals surface area (Å²) >= 11 is 0. The van der Waals surface area contributed by atoms with Gasteiger partial charge in [-0.2, -0.15) is 5.10 Å². The Labute approximate surface area is 104 Å². The molecular weight excluding hydrogens is 235 g/mol. The Morgan fingerprint density at radius 1 is 1.22 bits per heavy atom. The SMILES string of the molecule is COCCn1nc(-c2ccc(F)cc2)ccc1=O. The normalized spacial score (nSPS) is 10.6. The lowest BCUT2D eigenvalue weighted by Crippen LogP contribution is -2.24. The van der Waals surface area contributed by atoms with Crippen molar-refractivity contribution in [3.8, 4) is 11.3 Å². The Hall–Kier alpha value is -2.01. The Kier molecular flexibility index (Phi) is 3.84. The van der Waals surface area contributed by atoms with Gasteiger partial charge in [0.2, 0.25) is 0 Å². The summed E-state index contributed by atoms with van der Waals surface area (Å²) in [6.45, 7) is 0.810. The summed E-state index contributed by atoms with van der Waals surface area (Å²) in [6.07, 6.45) is 0. The number of aromatic nitrogens is 2. The van der Waals surface area contributed by atoms with Crippen LogP contribution in [0.4, 0.5) is 4.39 Å². The molecule has 0 aliphatic carbocycles. The molecule has 0 unspecified atom stereocenters. The molecule has 0 aliphatic heterocycles. The third-order valence-corrected chi connectivity index (χ3v) is 2.51.